The topological polar surface area (TPSA) is 41.8 Å². The Morgan fingerprint density at radius 1 is 1.00 bits per heavy atom. The summed E-state index contributed by atoms with van der Waals surface area (Å²) in [6, 6.07) is 17.5. The van der Waals surface area contributed by atoms with Crippen LogP contribution in [0.4, 0.5) is 5.69 Å². The Kier molecular flexibility index (Phi) is 5.14. The number of hydrogen-bond acceptors (Lipinski definition) is 3. The molecule has 0 bridgehead atoms. The lowest BCUT2D eigenvalue weighted by Gasteiger charge is -2.04. The quantitative estimate of drug-likeness (QED) is 0.636. The average molecular weight is 255 g/mol. The van der Waals surface area contributed by atoms with Crippen LogP contribution in [-0.2, 0) is 0 Å². The van der Waals surface area contributed by atoms with E-state index >= 15 is 0 Å². The Balaban J connectivity index is 1.93. The van der Waals surface area contributed by atoms with E-state index in [0.29, 0.717) is 13.0 Å². The number of aliphatic hydroxyl groups excluding tert-OH is 1. The first-order chi connectivity index (χ1) is 9.38. The molecule has 2 aromatic rings. The molecule has 0 amide bonds. The van der Waals surface area contributed by atoms with Gasteiger partial charge in [-0.05, 0) is 42.0 Å². The van der Waals surface area contributed by atoms with Crippen LogP contribution < -0.4 is 4.74 Å². The van der Waals surface area contributed by atoms with Gasteiger partial charge in [0.2, 0.25) is 0 Å². The van der Waals surface area contributed by atoms with Crippen LogP contribution in [0.5, 0.6) is 5.75 Å². The van der Waals surface area contributed by atoms with Crippen LogP contribution in [0.15, 0.2) is 59.6 Å². The second-order valence-corrected chi connectivity index (χ2v) is 4.09. The van der Waals surface area contributed by atoms with Crippen molar-refractivity contribution in [1.82, 2.24) is 0 Å². The van der Waals surface area contributed by atoms with Crippen LogP contribution in [0.1, 0.15) is 12.0 Å². The molecule has 0 spiro atoms. The summed E-state index contributed by atoms with van der Waals surface area (Å²) in [5.74, 6) is 0.810. The molecule has 2 rings (SSSR count). The van der Waals surface area contributed by atoms with Gasteiger partial charge in [0.15, 0.2) is 0 Å². The number of rotatable bonds is 6. The summed E-state index contributed by atoms with van der Waals surface area (Å²) in [5, 5.41) is 8.67. The third kappa shape index (κ3) is 4.56. The Hall–Kier alpha value is -2.13. The molecule has 1 N–H and O–H groups in total. The Morgan fingerprint density at radius 2 is 1.74 bits per heavy atom. The molecule has 0 saturated carbocycles. The van der Waals surface area contributed by atoms with E-state index < -0.39 is 0 Å². The van der Waals surface area contributed by atoms with Gasteiger partial charge in [0.05, 0.1) is 12.3 Å². The highest BCUT2D eigenvalue weighted by molar-refractivity contribution is 5.82. The van der Waals surface area contributed by atoms with Gasteiger partial charge in [0.25, 0.3) is 0 Å². The zero-order valence-electron chi connectivity index (χ0n) is 10.7. The van der Waals surface area contributed by atoms with Crippen LogP contribution in [0, 0.1) is 0 Å². The summed E-state index contributed by atoms with van der Waals surface area (Å²) in [5.41, 5.74) is 1.96. The van der Waals surface area contributed by atoms with Crippen molar-refractivity contribution in [2.45, 2.75) is 6.42 Å². The minimum Gasteiger partial charge on any atom is -0.494 e. The molecule has 0 aliphatic carbocycles. The van der Waals surface area contributed by atoms with E-state index in [-0.39, 0.29) is 6.61 Å². The van der Waals surface area contributed by atoms with Crippen molar-refractivity contribution in [3.05, 3.63) is 60.2 Å². The van der Waals surface area contributed by atoms with Gasteiger partial charge in [-0.2, -0.15) is 0 Å². The van der Waals surface area contributed by atoms with Crippen LogP contribution in [0.25, 0.3) is 0 Å². The highest BCUT2D eigenvalue weighted by Gasteiger charge is 1.94. The molecule has 0 unspecified atom stereocenters. The van der Waals surface area contributed by atoms with E-state index in [9.17, 15) is 0 Å². The number of ether oxygens (including phenoxy) is 1. The highest BCUT2D eigenvalue weighted by Crippen LogP contribution is 2.13. The second-order valence-electron chi connectivity index (χ2n) is 4.09. The zero-order valence-corrected chi connectivity index (χ0v) is 10.7. The van der Waals surface area contributed by atoms with Crippen LogP contribution in [0.2, 0.25) is 0 Å². The SMILES string of the molecule is OCCCOc1ccc(C=Nc2ccccc2)cc1. The summed E-state index contributed by atoms with van der Waals surface area (Å²) >= 11 is 0. The van der Waals surface area contributed by atoms with Gasteiger partial charge >= 0.3 is 0 Å². The van der Waals surface area contributed by atoms with E-state index in [1.165, 1.54) is 0 Å². The maximum absolute atomic E-state index is 8.67. The third-order valence-electron chi connectivity index (χ3n) is 2.57. The van der Waals surface area contributed by atoms with Crippen molar-refractivity contribution in [3.8, 4) is 5.75 Å². The molecule has 19 heavy (non-hydrogen) atoms. The summed E-state index contributed by atoms with van der Waals surface area (Å²) in [6.45, 7) is 0.690. The number of para-hydroxylation sites is 1. The first-order valence-electron chi connectivity index (χ1n) is 6.31. The second kappa shape index (κ2) is 7.34. The molecule has 3 heteroatoms. The number of aliphatic imine (C=N–C) groups is 1. The predicted molar refractivity (Wildman–Crippen MR) is 77.3 cm³/mol. The van der Waals surface area contributed by atoms with Crippen molar-refractivity contribution < 1.29 is 9.84 Å². The normalized spacial score (nSPS) is 10.8. The molecule has 0 aliphatic heterocycles. The molecule has 0 radical (unpaired) electrons. The fourth-order valence-electron chi connectivity index (χ4n) is 1.57. The molecule has 0 heterocycles. The van der Waals surface area contributed by atoms with Crippen molar-refractivity contribution in [2.24, 2.45) is 4.99 Å². The first kappa shape index (κ1) is 13.3. The molecule has 2 aromatic carbocycles. The molecular weight excluding hydrogens is 238 g/mol. The zero-order chi connectivity index (χ0) is 13.3. The predicted octanol–water partition coefficient (Wildman–Crippen LogP) is 3.20. The molecule has 0 atom stereocenters. The number of nitrogens with zero attached hydrogens (tertiary/aromatic N) is 1. The Morgan fingerprint density at radius 3 is 2.42 bits per heavy atom. The van der Waals surface area contributed by atoms with Gasteiger partial charge in [-0.15, -0.1) is 0 Å². The van der Waals surface area contributed by atoms with E-state index in [0.717, 1.165) is 17.0 Å². The lowest BCUT2D eigenvalue weighted by atomic mass is 10.2. The van der Waals surface area contributed by atoms with E-state index in [1.807, 2.05) is 60.8 Å². The number of benzene rings is 2. The molecule has 0 aliphatic rings. The van der Waals surface area contributed by atoms with Gasteiger partial charge in [-0.1, -0.05) is 18.2 Å². The molecule has 0 saturated heterocycles. The van der Waals surface area contributed by atoms with Crippen molar-refractivity contribution in [2.75, 3.05) is 13.2 Å². The summed E-state index contributed by atoms with van der Waals surface area (Å²) in [6.07, 6.45) is 2.48. The van der Waals surface area contributed by atoms with Crippen molar-refractivity contribution >= 4 is 11.9 Å². The van der Waals surface area contributed by atoms with Gasteiger partial charge in [0, 0.05) is 19.2 Å². The minimum absolute atomic E-state index is 0.155. The van der Waals surface area contributed by atoms with Crippen LogP contribution in [0.3, 0.4) is 0 Å². The van der Waals surface area contributed by atoms with Crippen molar-refractivity contribution in [1.29, 1.82) is 0 Å². The lowest BCUT2D eigenvalue weighted by molar-refractivity contribution is 0.233. The molecule has 98 valence electrons. The maximum Gasteiger partial charge on any atom is 0.119 e. The largest absolute Gasteiger partial charge is 0.494 e. The smallest absolute Gasteiger partial charge is 0.119 e. The van der Waals surface area contributed by atoms with Crippen molar-refractivity contribution in [3.63, 3.8) is 0 Å². The molecule has 0 fully saturated rings. The third-order valence-corrected chi connectivity index (χ3v) is 2.57. The summed E-state index contributed by atoms with van der Waals surface area (Å²) < 4.78 is 5.46. The first-order valence-corrected chi connectivity index (χ1v) is 6.31. The number of aliphatic hydroxyl groups is 1. The van der Waals surface area contributed by atoms with Gasteiger partial charge in [-0.25, -0.2) is 0 Å². The number of hydrogen-bond donors (Lipinski definition) is 1. The molecule has 0 aromatic heterocycles. The monoisotopic (exact) mass is 255 g/mol. The van der Waals surface area contributed by atoms with Crippen LogP contribution >= 0.6 is 0 Å². The molecule has 3 nitrogen and oxygen atoms in total. The fraction of sp³-hybridized carbons (Fsp3) is 0.188. The van der Waals surface area contributed by atoms with E-state index in [1.54, 1.807) is 0 Å². The molecular formula is C16H17NO2. The van der Waals surface area contributed by atoms with Gasteiger partial charge < -0.3 is 9.84 Å². The Bertz CT molecular complexity index is 506. The average Bonchev–Trinajstić information content (AvgIpc) is 2.48. The standard InChI is InChI=1S/C16H17NO2/c18-11-4-12-19-16-9-7-14(8-10-16)13-17-15-5-2-1-3-6-15/h1-3,5-10,13,18H,4,11-12H2. The van der Waals surface area contributed by atoms with Crippen LogP contribution in [-0.4, -0.2) is 24.5 Å². The summed E-state index contributed by atoms with van der Waals surface area (Å²) in [4.78, 5) is 4.38. The van der Waals surface area contributed by atoms with Gasteiger partial charge in [-0.3, -0.25) is 4.99 Å². The van der Waals surface area contributed by atoms with E-state index in [4.69, 9.17) is 9.84 Å². The maximum atomic E-state index is 8.67. The Labute approximate surface area is 113 Å². The van der Waals surface area contributed by atoms with E-state index in [2.05, 4.69) is 4.99 Å². The minimum atomic E-state index is 0.155. The van der Waals surface area contributed by atoms with Gasteiger partial charge in [0.1, 0.15) is 5.75 Å². The highest BCUT2D eigenvalue weighted by atomic mass is 16.5. The fourth-order valence-corrected chi connectivity index (χ4v) is 1.57. The lowest BCUT2D eigenvalue weighted by Crippen LogP contribution is -1.99. The summed E-state index contributed by atoms with van der Waals surface area (Å²) in [7, 11) is 0.